The number of nitrogens with zero attached hydrogens (tertiary/aromatic N) is 4. The van der Waals surface area contributed by atoms with E-state index < -0.39 is 0 Å². The number of amides is 24. The van der Waals surface area contributed by atoms with Crippen LogP contribution in [0.3, 0.4) is 0 Å². The van der Waals surface area contributed by atoms with Crippen molar-refractivity contribution >= 4 is 142 Å². The summed E-state index contributed by atoms with van der Waals surface area (Å²) in [6.45, 7) is 97.6. The van der Waals surface area contributed by atoms with Crippen molar-refractivity contribution in [3.63, 3.8) is 0 Å². The summed E-state index contributed by atoms with van der Waals surface area (Å²) in [6.07, 6.45) is 15.9. The van der Waals surface area contributed by atoms with Crippen LogP contribution in [0.15, 0.2) is 299 Å². The predicted molar refractivity (Wildman–Crippen MR) is 563 cm³/mol. The summed E-state index contributed by atoms with van der Waals surface area (Å²) < 4.78 is 0. The van der Waals surface area contributed by atoms with Crippen molar-refractivity contribution in [2.75, 3.05) is 108 Å². The summed E-state index contributed by atoms with van der Waals surface area (Å²) >= 11 is 0. The summed E-state index contributed by atoms with van der Waals surface area (Å²) in [4.78, 5) is 263. The molecule has 0 bridgehead atoms. The Morgan fingerprint density at radius 2 is 0.253 bits per heavy atom. The van der Waals surface area contributed by atoms with Crippen molar-refractivity contribution in [3.8, 4) is 0 Å². The van der Waals surface area contributed by atoms with E-state index in [1.54, 1.807) is 97.4 Å². The smallest absolute Gasteiger partial charge is 0.250 e. The van der Waals surface area contributed by atoms with Gasteiger partial charge in [-0.05, 0) is 154 Å². The number of nitrogens with one attached hydrogen (secondary N) is 20. The highest BCUT2D eigenvalue weighted by Gasteiger charge is 2.17. The van der Waals surface area contributed by atoms with E-state index >= 15 is 0 Å². The first-order chi connectivity index (χ1) is 67.8. The zero-order valence-electron chi connectivity index (χ0n) is 86.1. The van der Waals surface area contributed by atoms with Crippen molar-refractivity contribution < 1.29 is 115 Å². The maximum Gasteiger partial charge on any atom is 0.250 e. The molecule has 0 saturated heterocycles. The second-order valence-electron chi connectivity index (χ2n) is 27.3. The zero-order valence-corrected chi connectivity index (χ0v) is 86.1. The van der Waals surface area contributed by atoms with Crippen LogP contribution in [0.25, 0.3) is 0 Å². The summed E-state index contributed by atoms with van der Waals surface area (Å²) in [6, 6.07) is 0. The van der Waals surface area contributed by atoms with E-state index in [1.165, 1.54) is 31.8 Å². The van der Waals surface area contributed by atoms with E-state index in [9.17, 15) is 115 Å². The van der Waals surface area contributed by atoms with Crippen LogP contribution in [0.1, 0.15) is 69.2 Å². The minimum absolute atomic E-state index is 0.0930. The molecule has 804 valence electrons. The molecule has 0 radical (unpaired) electrons. The quantitative estimate of drug-likeness (QED) is 0.0278. The monoisotopic (exact) mass is 2050 g/mol. The van der Waals surface area contributed by atoms with E-state index in [2.05, 4.69) is 264 Å². The topological polar surface area (TPSA) is 663 Å². The molecule has 24 amide bonds. The van der Waals surface area contributed by atoms with Crippen LogP contribution in [0, 0.1) is 0 Å². The fourth-order valence-corrected chi connectivity index (χ4v) is 6.07. The van der Waals surface area contributed by atoms with Crippen molar-refractivity contribution in [2.24, 2.45) is 0 Å². The van der Waals surface area contributed by atoms with Crippen molar-refractivity contribution in [2.45, 2.75) is 69.2 Å². The molecule has 0 fully saturated rings. The lowest BCUT2D eigenvalue weighted by Crippen LogP contribution is -2.40. The van der Waals surface area contributed by atoms with Gasteiger partial charge in [0.05, 0.1) is 80.0 Å². The first-order valence-corrected chi connectivity index (χ1v) is 41.7. The first-order valence-electron chi connectivity index (χ1n) is 41.7. The highest BCUT2D eigenvalue weighted by Crippen LogP contribution is 2.02. The van der Waals surface area contributed by atoms with Crippen LogP contribution in [-0.4, -0.2) is 270 Å². The van der Waals surface area contributed by atoms with E-state index in [0.29, 0.717) is 55.7 Å². The average molecular weight is 2050 g/mol. The number of likely N-dealkylation sites (N-methyl/N-ethyl adjacent to an activating group) is 4. The standard InChI is InChI=1S/C11H18N2O2.5C9H14N2O2.6C7H10N2O2/c1-8(2)10(14)12(5)7-13(6)11(15)9(3)4;4*1-6(2)8(12)10-5-11-9(13)7(3)4;1-5-8(12)10(3)7-11(4)9(13)6-2;6*1-3-6(10)8-5-9-7(11)4-2/h1,3,7H2,2,4-6H3;4*1,3,5H2,2,4H3,(H,10,12)(H,11,13);5-6H,1-2,7H2,3-4H3;6*3-4H,1-2,5H2,(H,8,10)(H,9,11). The van der Waals surface area contributed by atoms with Crippen LogP contribution in [0.2, 0.25) is 0 Å². The van der Waals surface area contributed by atoms with E-state index in [-0.39, 0.29) is 222 Å². The van der Waals surface area contributed by atoms with Gasteiger partial charge in [-0.2, -0.15) is 0 Å². The van der Waals surface area contributed by atoms with Crippen LogP contribution in [-0.2, 0) is 115 Å². The molecule has 0 rings (SSSR count). The molecule has 0 atom stereocenters. The number of hydrogen-bond donors (Lipinski definition) is 20. The zero-order chi connectivity index (χ0) is 116. The number of rotatable bonds is 48. The van der Waals surface area contributed by atoms with Gasteiger partial charge in [0.1, 0.15) is 0 Å². The summed E-state index contributed by atoms with van der Waals surface area (Å²) in [5.41, 5.74) is 4.16. The van der Waals surface area contributed by atoms with Crippen LogP contribution >= 0.6 is 0 Å². The van der Waals surface area contributed by atoms with Crippen LogP contribution < -0.4 is 106 Å². The Labute approximate surface area is 855 Å². The summed E-state index contributed by atoms with van der Waals surface area (Å²) in [7, 11) is 6.44. The molecule has 0 aliphatic rings. The molecule has 48 heteroatoms. The Kier molecular flexibility index (Phi) is 103. The molecular weight excluding hydrogens is 1900 g/mol. The molecule has 146 heavy (non-hydrogen) atoms. The highest BCUT2D eigenvalue weighted by atomic mass is 16.2. The third kappa shape index (κ3) is 109. The Morgan fingerprint density at radius 3 is 0.336 bits per heavy atom. The molecule has 0 heterocycles. The molecule has 0 aliphatic heterocycles. The van der Waals surface area contributed by atoms with Gasteiger partial charge in [-0.15, -0.1) is 0 Å². The van der Waals surface area contributed by atoms with Crippen molar-refractivity contribution in [1.29, 1.82) is 0 Å². The summed E-state index contributed by atoms with van der Waals surface area (Å²) in [5, 5.41) is 48.0. The van der Waals surface area contributed by atoms with E-state index in [0.717, 1.165) is 72.9 Å². The lowest BCUT2D eigenvalue weighted by molar-refractivity contribution is -0.134. The molecule has 0 spiro atoms. The minimum atomic E-state index is -0.325. The Bertz CT molecular complexity index is 3940. The van der Waals surface area contributed by atoms with Gasteiger partial charge < -0.3 is 126 Å². The molecule has 0 aliphatic carbocycles. The van der Waals surface area contributed by atoms with E-state index in [1.807, 2.05) is 0 Å². The summed E-state index contributed by atoms with van der Waals surface area (Å²) in [5.74, 6) is -6.88. The second kappa shape index (κ2) is 99.1. The van der Waals surface area contributed by atoms with Gasteiger partial charge >= 0.3 is 0 Å². The maximum absolute atomic E-state index is 11.4. The molecule has 20 N–H and O–H groups in total. The number of hydrogen-bond acceptors (Lipinski definition) is 24. The lowest BCUT2D eigenvalue weighted by Gasteiger charge is -2.24. The van der Waals surface area contributed by atoms with Gasteiger partial charge in [0.2, 0.25) is 142 Å². The predicted octanol–water partition coefficient (Wildman–Crippen LogP) is -0.151. The first kappa shape index (κ1) is 152. The Balaban J connectivity index is -0.000000134. The fraction of sp³-hybridized carbons (Fsp3) is 0.265. The number of carbonyl (C=O) groups excluding carboxylic acids is 24. The Morgan fingerprint density at radius 1 is 0.158 bits per heavy atom. The fourth-order valence-electron chi connectivity index (χ4n) is 6.07. The third-order valence-electron chi connectivity index (χ3n) is 13.8. The number of carbonyl (C=O) groups is 24. The highest BCUT2D eigenvalue weighted by molar-refractivity contribution is 6.00. The minimum Gasteiger partial charge on any atom is -0.335 e. The average Bonchev–Trinajstić information content (AvgIpc) is 0.896. The molecule has 0 unspecified atom stereocenters. The lowest BCUT2D eigenvalue weighted by atomic mass is 10.3. The molecular formula is C98H148N24O24. The normalized spacial score (nSPS) is 8.48. The largest absolute Gasteiger partial charge is 0.335 e. The third-order valence-corrected chi connectivity index (χ3v) is 13.8. The molecule has 0 aromatic heterocycles. The molecule has 48 nitrogen and oxygen atoms in total. The molecule has 0 saturated carbocycles. The maximum atomic E-state index is 11.4. The van der Waals surface area contributed by atoms with Crippen molar-refractivity contribution in [1.82, 2.24) is 126 Å². The van der Waals surface area contributed by atoms with Crippen molar-refractivity contribution in [3.05, 3.63) is 299 Å². The molecule has 0 aromatic rings. The molecule has 0 aromatic carbocycles. The van der Waals surface area contributed by atoms with Gasteiger partial charge in [0.25, 0.3) is 0 Å². The van der Waals surface area contributed by atoms with Gasteiger partial charge in [0.15, 0.2) is 0 Å². The Hall–Kier alpha value is -19.0. The van der Waals surface area contributed by atoms with Gasteiger partial charge in [-0.3, -0.25) is 115 Å². The van der Waals surface area contributed by atoms with E-state index in [4.69, 9.17) is 0 Å². The SMILES string of the molecule is C=C(C)C(=O)N(C)CN(C)C(=O)C(=C)C.C=C(C)C(=O)NCNC(=O)C(=C)C.C=C(C)C(=O)NCNC(=O)C(=C)C.C=C(C)C(=O)NCNC(=O)C(=C)C.C=C(C)C(=O)NCNC(=O)C(=C)C.C=CC(=O)N(C)CN(C)C(=O)C=C.C=CC(=O)NCNC(=O)C=C.C=CC(=O)NCNC(=O)C=C.C=CC(=O)NCNC(=O)C=C.C=CC(=O)NCNC(=O)C=C.C=CC(=O)NCNC(=O)C=C.C=CC(=O)NCNC(=O)C=C. The van der Waals surface area contributed by atoms with Gasteiger partial charge in [-0.25, -0.2) is 0 Å². The van der Waals surface area contributed by atoms with Gasteiger partial charge in [-0.1, -0.05) is 158 Å². The second-order valence-corrected chi connectivity index (χ2v) is 27.3. The van der Waals surface area contributed by atoms with Crippen LogP contribution in [0.5, 0.6) is 0 Å². The van der Waals surface area contributed by atoms with Gasteiger partial charge in [0, 0.05) is 83.9 Å². The van der Waals surface area contributed by atoms with Crippen LogP contribution in [0.4, 0.5) is 0 Å².